The Morgan fingerprint density at radius 2 is 1.86 bits per heavy atom. The summed E-state index contributed by atoms with van der Waals surface area (Å²) in [6.07, 6.45) is 1.72. The summed E-state index contributed by atoms with van der Waals surface area (Å²) in [5.41, 5.74) is -4.77. The van der Waals surface area contributed by atoms with E-state index >= 15 is 0 Å². The van der Waals surface area contributed by atoms with Crippen molar-refractivity contribution in [2.75, 3.05) is 5.32 Å². The third-order valence-corrected chi connectivity index (χ3v) is 5.00. The Hall–Kier alpha value is -1.61. The Labute approximate surface area is 123 Å². The van der Waals surface area contributed by atoms with Crippen molar-refractivity contribution in [1.82, 2.24) is 4.98 Å². The summed E-state index contributed by atoms with van der Waals surface area (Å²) in [6, 6.07) is 4.44. The molecule has 0 spiro atoms. The molecule has 114 valence electrons. The van der Waals surface area contributed by atoms with Crippen molar-refractivity contribution in [3.8, 4) is 0 Å². The minimum atomic E-state index is -5.30. The molecule has 1 heterocycles. The maximum absolute atomic E-state index is 12.4. The number of sulfone groups is 1. The first kappa shape index (κ1) is 15.8. The quantitative estimate of drug-likeness (QED) is 0.930. The van der Waals surface area contributed by atoms with Crippen LogP contribution in [0.5, 0.6) is 0 Å². The molecule has 0 saturated carbocycles. The molecule has 1 aromatic heterocycles. The van der Waals surface area contributed by atoms with E-state index in [9.17, 15) is 21.6 Å². The summed E-state index contributed by atoms with van der Waals surface area (Å²) in [4.78, 5) is 4.41. The van der Waals surface area contributed by atoms with Gasteiger partial charge in [0.25, 0.3) is 9.84 Å². The monoisotopic (exact) mass is 336 g/mol. The molecule has 0 atom stereocenters. The number of nitrogens with zero attached hydrogens (tertiary/aromatic N) is 1. The van der Waals surface area contributed by atoms with Crippen molar-refractivity contribution in [3.63, 3.8) is 0 Å². The van der Waals surface area contributed by atoms with Gasteiger partial charge in [-0.25, -0.2) is 13.4 Å². The molecule has 2 aromatic rings. The zero-order valence-electron chi connectivity index (χ0n) is 10.8. The SMILES string of the molecule is Cc1cnc(CNc2ccc(S(=O)(=O)C(F)(F)F)cc2)s1. The van der Waals surface area contributed by atoms with Crippen LogP contribution in [-0.4, -0.2) is 18.9 Å². The van der Waals surface area contributed by atoms with E-state index in [1.807, 2.05) is 6.92 Å². The van der Waals surface area contributed by atoms with E-state index in [-0.39, 0.29) is 0 Å². The predicted octanol–water partition coefficient (Wildman–Crippen LogP) is 3.36. The molecule has 0 saturated heterocycles. The van der Waals surface area contributed by atoms with Crippen molar-refractivity contribution in [1.29, 1.82) is 0 Å². The topological polar surface area (TPSA) is 59.1 Å². The Morgan fingerprint density at radius 1 is 1.24 bits per heavy atom. The van der Waals surface area contributed by atoms with Crippen molar-refractivity contribution >= 4 is 26.9 Å². The minimum absolute atomic E-state index is 0.421. The van der Waals surface area contributed by atoms with Crippen LogP contribution >= 0.6 is 11.3 Å². The standard InChI is InChI=1S/C12H11F3N2O2S2/c1-8-6-17-11(20-8)7-16-9-2-4-10(5-3-9)21(18,19)12(13,14)15/h2-6,16H,7H2,1H3. The zero-order valence-corrected chi connectivity index (χ0v) is 12.4. The van der Waals surface area contributed by atoms with Crippen LogP contribution in [0.3, 0.4) is 0 Å². The first-order chi connectivity index (χ1) is 9.70. The molecule has 0 amide bonds. The number of rotatable bonds is 4. The molecule has 0 aliphatic heterocycles. The van der Waals surface area contributed by atoms with E-state index < -0.39 is 20.2 Å². The highest BCUT2D eigenvalue weighted by Crippen LogP contribution is 2.30. The Bertz CT molecular complexity index is 722. The number of alkyl halides is 3. The van der Waals surface area contributed by atoms with Gasteiger partial charge in [-0.2, -0.15) is 13.2 Å². The third kappa shape index (κ3) is 3.53. The Morgan fingerprint density at radius 3 is 2.33 bits per heavy atom. The van der Waals surface area contributed by atoms with Crippen molar-refractivity contribution < 1.29 is 21.6 Å². The lowest BCUT2D eigenvalue weighted by molar-refractivity contribution is -0.0436. The van der Waals surface area contributed by atoms with Gasteiger partial charge in [-0.3, -0.25) is 0 Å². The van der Waals surface area contributed by atoms with Gasteiger partial charge in [0.15, 0.2) is 0 Å². The van der Waals surface area contributed by atoms with Crippen LogP contribution in [0.25, 0.3) is 0 Å². The highest BCUT2D eigenvalue weighted by molar-refractivity contribution is 7.92. The highest BCUT2D eigenvalue weighted by Gasteiger charge is 2.46. The van der Waals surface area contributed by atoms with E-state index in [2.05, 4.69) is 10.3 Å². The van der Waals surface area contributed by atoms with Gasteiger partial charge in [0, 0.05) is 16.8 Å². The van der Waals surface area contributed by atoms with Gasteiger partial charge in [-0.1, -0.05) is 0 Å². The van der Waals surface area contributed by atoms with Gasteiger partial charge in [0.1, 0.15) is 5.01 Å². The summed E-state index contributed by atoms with van der Waals surface area (Å²) in [5.74, 6) is 0. The largest absolute Gasteiger partial charge is 0.501 e. The summed E-state index contributed by atoms with van der Waals surface area (Å²) in [6.45, 7) is 2.34. The number of halogens is 3. The number of anilines is 1. The number of hydrogen-bond donors (Lipinski definition) is 1. The second kappa shape index (κ2) is 5.64. The lowest BCUT2D eigenvalue weighted by atomic mass is 10.3. The molecule has 4 nitrogen and oxygen atoms in total. The summed E-state index contributed by atoms with van der Waals surface area (Å²) in [7, 11) is -5.30. The first-order valence-corrected chi connectivity index (χ1v) is 8.07. The van der Waals surface area contributed by atoms with Crippen LogP contribution in [0, 0.1) is 6.92 Å². The third-order valence-electron chi connectivity index (χ3n) is 2.58. The predicted molar refractivity (Wildman–Crippen MR) is 73.9 cm³/mol. The number of aromatic nitrogens is 1. The van der Waals surface area contributed by atoms with Crippen molar-refractivity contribution in [2.24, 2.45) is 0 Å². The number of hydrogen-bond acceptors (Lipinski definition) is 5. The molecule has 0 aliphatic rings. The average Bonchev–Trinajstić information content (AvgIpc) is 2.81. The molecule has 2 rings (SSSR count). The van der Waals surface area contributed by atoms with E-state index in [1.54, 1.807) is 6.20 Å². The number of thiazole rings is 1. The molecule has 0 bridgehead atoms. The normalized spacial score (nSPS) is 12.4. The average molecular weight is 336 g/mol. The van der Waals surface area contributed by atoms with E-state index in [4.69, 9.17) is 0 Å². The first-order valence-electron chi connectivity index (χ1n) is 5.77. The summed E-state index contributed by atoms with van der Waals surface area (Å²) < 4.78 is 59.5. The van der Waals surface area contributed by atoms with Gasteiger partial charge in [-0.15, -0.1) is 11.3 Å². The van der Waals surface area contributed by atoms with Crippen LogP contribution in [0.2, 0.25) is 0 Å². The molecule has 1 aromatic carbocycles. The van der Waals surface area contributed by atoms with Gasteiger partial charge in [0.05, 0.1) is 11.4 Å². The van der Waals surface area contributed by atoms with Gasteiger partial charge in [-0.05, 0) is 31.2 Å². The number of aryl methyl sites for hydroxylation is 1. The molecule has 0 radical (unpaired) electrons. The van der Waals surface area contributed by atoms with Crippen molar-refractivity contribution in [3.05, 3.63) is 40.3 Å². The summed E-state index contributed by atoms with van der Waals surface area (Å²) >= 11 is 1.50. The van der Waals surface area contributed by atoms with Gasteiger partial charge >= 0.3 is 5.51 Å². The fourth-order valence-corrected chi connectivity index (χ4v) is 3.03. The van der Waals surface area contributed by atoms with Gasteiger partial charge in [0.2, 0.25) is 0 Å². The van der Waals surface area contributed by atoms with E-state index in [0.29, 0.717) is 12.2 Å². The molecule has 1 N–H and O–H groups in total. The summed E-state index contributed by atoms with van der Waals surface area (Å²) in [5, 5.41) is 3.80. The lowest BCUT2D eigenvalue weighted by Gasteiger charge is -2.09. The number of benzene rings is 1. The maximum atomic E-state index is 12.4. The molecule has 9 heteroatoms. The van der Waals surface area contributed by atoms with Crippen LogP contribution in [-0.2, 0) is 16.4 Å². The van der Waals surface area contributed by atoms with Crippen LogP contribution in [0.4, 0.5) is 18.9 Å². The number of nitrogens with one attached hydrogen (secondary N) is 1. The molecule has 0 unspecified atom stereocenters. The fraction of sp³-hybridized carbons (Fsp3) is 0.250. The molecule has 0 aliphatic carbocycles. The van der Waals surface area contributed by atoms with E-state index in [0.717, 1.165) is 22.0 Å². The van der Waals surface area contributed by atoms with E-state index in [1.165, 1.54) is 23.5 Å². The van der Waals surface area contributed by atoms with Crippen molar-refractivity contribution in [2.45, 2.75) is 23.9 Å². The fourth-order valence-electron chi connectivity index (χ4n) is 1.55. The van der Waals surface area contributed by atoms with Gasteiger partial charge < -0.3 is 5.32 Å². The minimum Gasteiger partial charge on any atom is -0.379 e. The maximum Gasteiger partial charge on any atom is 0.501 e. The molecular formula is C12H11F3N2O2S2. The van der Waals surface area contributed by atoms with Crippen LogP contribution < -0.4 is 5.32 Å². The molecule has 21 heavy (non-hydrogen) atoms. The zero-order chi connectivity index (χ0) is 15.7. The lowest BCUT2D eigenvalue weighted by Crippen LogP contribution is -2.23. The Kier molecular flexibility index (Phi) is 4.24. The van der Waals surface area contributed by atoms with Crippen LogP contribution in [0.1, 0.15) is 9.88 Å². The molecule has 0 fully saturated rings. The van der Waals surface area contributed by atoms with Crippen LogP contribution in [0.15, 0.2) is 35.4 Å². The smallest absolute Gasteiger partial charge is 0.379 e. The second-order valence-corrected chi connectivity index (χ2v) is 7.45. The Balaban J connectivity index is 2.09. The molecular weight excluding hydrogens is 325 g/mol. The highest BCUT2D eigenvalue weighted by atomic mass is 32.2. The second-order valence-electron chi connectivity index (χ2n) is 4.19.